The van der Waals surface area contributed by atoms with E-state index in [1.54, 1.807) is 11.8 Å². The maximum absolute atomic E-state index is 5.06. The standard InChI is InChI=1S/C23H21N3S2/c1-16-15-26-22(21(25-23(26)27-16)20-9-5-6-14-24-20)17-10-12-19(13-11-17)28-18-7-3-2-4-8-18/h2-14,16,21-22H,15H2,1H3/t16-,21+,22+/m1/s1. The van der Waals surface area contributed by atoms with Crippen LogP contribution in [0.1, 0.15) is 30.3 Å². The van der Waals surface area contributed by atoms with Gasteiger partial charge in [-0.3, -0.25) is 9.98 Å². The second kappa shape index (κ2) is 7.64. The molecule has 5 rings (SSSR count). The number of pyridine rings is 1. The highest BCUT2D eigenvalue weighted by molar-refractivity contribution is 8.14. The molecule has 0 N–H and O–H groups in total. The Hall–Kier alpha value is -2.24. The first-order valence-electron chi connectivity index (χ1n) is 9.53. The summed E-state index contributed by atoms with van der Waals surface area (Å²) in [6, 6.07) is 25.9. The van der Waals surface area contributed by atoms with E-state index in [-0.39, 0.29) is 12.1 Å². The van der Waals surface area contributed by atoms with Crippen molar-refractivity contribution < 1.29 is 0 Å². The van der Waals surface area contributed by atoms with E-state index < -0.39 is 0 Å². The van der Waals surface area contributed by atoms with Crippen molar-refractivity contribution in [2.45, 2.75) is 34.0 Å². The Morgan fingerprint density at radius 2 is 1.68 bits per heavy atom. The van der Waals surface area contributed by atoms with E-state index in [1.165, 1.54) is 15.4 Å². The van der Waals surface area contributed by atoms with Gasteiger partial charge >= 0.3 is 0 Å². The van der Waals surface area contributed by atoms with Crippen LogP contribution in [0.2, 0.25) is 0 Å². The van der Waals surface area contributed by atoms with E-state index in [0.29, 0.717) is 5.25 Å². The van der Waals surface area contributed by atoms with Crippen molar-refractivity contribution in [3.8, 4) is 0 Å². The van der Waals surface area contributed by atoms with Gasteiger partial charge in [-0.2, -0.15) is 0 Å². The minimum Gasteiger partial charge on any atom is -0.341 e. The van der Waals surface area contributed by atoms with Crippen LogP contribution in [-0.2, 0) is 0 Å². The zero-order valence-corrected chi connectivity index (χ0v) is 17.2. The Bertz CT molecular complexity index is 974. The predicted octanol–water partition coefficient (Wildman–Crippen LogP) is 5.82. The van der Waals surface area contributed by atoms with Crippen molar-refractivity contribution in [1.82, 2.24) is 9.88 Å². The van der Waals surface area contributed by atoms with Gasteiger partial charge in [0.05, 0.1) is 11.7 Å². The van der Waals surface area contributed by atoms with Crippen molar-refractivity contribution in [3.05, 3.63) is 90.3 Å². The van der Waals surface area contributed by atoms with Gasteiger partial charge in [-0.25, -0.2) is 0 Å². The number of aromatic nitrogens is 1. The van der Waals surface area contributed by atoms with Gasteiger partial charge in [-0.1, -0.05) is 66.8 Å². The Kier molecular flexibility index (Phi) is 4.87. The van der Waals surface area contributed by atoms with Gasteiger partial charge in [-0.05, 0) is 42.0 Å². The van der Waals surface area contributed by atoms with Gasteiger partial charge in [0.1, 0.15) is 6.04 Å². The van der Waals surface area contributed by atoms with Crippen LogP contribution in [0.5, 0.6) is 0 Å². The molecule has 3 aromatic rings. The molecule has 1 aromatic heterocycles. The number of aliphatic imine (C=N–C) groups is 1. The monoisotopic (exact) mass is 403 g/mol. The average Bonchev–Trinajstić information content (AvgIpc) is 3.26. The van der Waals surface area contributed by atoms with Crippen LogP contribution in [0, 0.1) is 0 Å². The first-order valence-corrected chi connectivity index (χ1v) is 11.2. The van der Waals surface area contributed by atoms with Gasteiger partial charge < -0.3 is 4.90 Å². The van der Waals surface area contributed by atoms with Gasteiger partial charge in [-0.15, -0.1) is 0 Å². The summed E-state index contributed by atoms with van der Waals surface area (Å²) in [5, 5.41) is 1.75. The summed E-state index contributed by atoms with van der Waals surface area (Å²) in [5.41, 5.74) is 2.35. The summed E-state index contributed by atoms with van der Waals surface area (Å²) < 4.78 is 0. The van der Waals surface area contributed by atoms with Crippen LogP contribution in [0.25, 0.3) is 0 Å². The fourth-order valence-corrected chi connectivity index (χ4v) is 5.77. The van der Waals surface area contributed by atoms with Crippen LogP contribution in [-0.4, -0.2) is 26.8 Å². The second-order valence-corrected chi connectivity index (χ2v) is 9.67. The maximum Gasteiger partial charge on any atom is 0.160 e. The fourth-order valence-electron chi connectivity index (χ4n) is 3.84. The molecule has 0 spiro atoms. The first kappa shape index (κ1) is 17.8. The third-order valence-corrected chi connectivity index (χ3v) is 7.20. The predicted molar refractivity (Wildman–Crippen MR) is 118 cm³/mol. The van der Waals surface area contributed by atoms with Gasteiger partial charge in [0.25, 0.3) is 0 Å². The van der Waals surface area contributed by atoms with E-state index >= 15 is 0 Å². The number of rotatable bonds is 4. The normalized spacial score (nSPS) is 23.5. The number of benzene rings is 2. The average molecular weight is 404 g/mol. The highest BCUT2D eigenvalue weighted by atomic mass is 32.2. The lowest BCUT2D eigenvalue weighted by Crippen LogP contribution is -2.28. The van der Waals surface area contributed by atoms with Crippen molar-refractivity contribution in [2.24, 2.45) is 4.99 Å². The highest BCUT2D eigenvalue weighted by Gasteiger charge is 2.43. The van der Waals surface area contributed by atoms with E-state index in [4.69, 9.17) is 4.99 Å². The topological polar surface area (TPSA) is 28.5 Å². The largest absolute Gasteiger partial charge is 0.341 e. The molecular formula is C23H21N3S2. The van der Waals surface area contributed by atoms with Crippen molar-refractivity contribution in [3.63, 3.8) is 0 Å². The molecule has 3 atom stereocenters. The summed E-state index contributed by atoms with van der Waals surface area (Å²) in [4.78, 5) is 14.7. The summed E-state index contributed by atoms with van der Waals surface area (Å²) in [5.74, 6) is 0. The van der Waals surface area contributed by atoms with Crippen molar-refractivity contribution in [1.29, 1.82) is 0 Å². The molecule has 0 saturated carbocycles. The molecule has 0 radical (unpaired) electrons. The lowest BCUT2D eigenvalue weighted by atomic mass is 9.96. The van der Waals surface area contributed by atoms with E-state index in [1.807, 2.05) is 24.0 Å². The van der Waals surface area contributed by atoms with Crippen LogP contribution >= 0.6 is 23.5 Å². The first-order chi connectivity index (χ1) is 13.8. The summed E-state index contributed by atoms with van der Waals surface area (Å²) in [6.07, 6.45) is 1.87. The molecule has 28 heavy (non-hydrogen) atoms. The maximum atomic E-state index is 5.06. The van der Waals surface area contributed by atoms with E-state index in [9.17, 15) is 0 Å². The van der Waals surface area contributed by atoms with Crippen LogP contribution in [0.3, 0.4) is 0 Å². The van der Waals surface area contributed by atoms with Crippen LogP contribution in [0.15, 0.2) is 93.8 Å². The number of amidine groups is 1. The molecule has 0 amide bonds. The Balaban J connectivity index is 1.44. The Morgan fingerprint density at radius 3 is 2.43 bits per heavy atom. The van der Waals surface area contributed by atoms with E-state index in [2.05, 4.69) is 83.5 Å². The molecule has 0 bridgehead atoms. The van der Waals surface area contributed by atoms with Crippen molar-refractivity contribution in [2.75, 3.05) is 6.54 Å². The lowest BCUT2D eigenvalue weighted by molar-refractivity contribution is 0.321. The fraction of sp³-hybridized carbons (Fsp3) is 0.217. The number of hydrogen-bond acceptors (Lipinski definition) is 5. The molecule has 140 valence electrons. The smallest absolute Gasteiger partial charge is 0.160 e. The van der Waals surface area contributed by atoms with Crippen LogP contribution < -0.4 is 0 Å². The summed E-state index contributed by atoms with van der Waals surface area (Å²) in [6.45, 7) is 3.32. The lowest BCUT2D eigenvalue weighted by Gasteiger charge is -2.27. The molecule has 2 aliphatic rings. The molecule has 3 heterocycles. The zero-order chi connectivity index (χ0) is 18.9. The molecule has 3 nitrogen and oxygen atoms in total. The molecular weight excluding hydrogens is 382 g/mol. The van der Waals surface area contributed by atoms with Gasteiger partial charge in [0.15, 0.2) is 5.17 Å². The van der Waals surface area contributed by atoms with E-state index in [0.717, 1.165) is 17.4 Å². The molecule has 0 unspecified atom stereocenters. The molecule has 1 fully saturated rings. The number of fused-ring (bicyclic) bond motifs is 1. The van der Waals surface area contributed by atoms with Gasteiger partial charge in [0, 0.05) is 27.8 Å². The molecule has 2 aliphatic heterocycles. The van der Waals surface area contributed by atoms with Gasteiger partial charge in [0.2, 0.25) is 0 Å². The molecule has 0 aliphatic carbocycles. The van der Waals surface area contributed by atoms with Crippen LogP contribution in [0.4, 0.5) is 0 Å². The third kappa shape index (κ3) is 3.45. The third-order valence-electron chi connectivity index (χ3n) is 5.08. The molecule has 5 heteroatoms. The zero-order valence-electron chi connectivity index (χ0n) is 15.6. The molecule has 1 saturated heterocycles. The quantitative estimate of drug-likeness (QED) is 0.549. The number of thioether (sulfide) groups is 1. The Labute approximate surface area is 174 Å². The summed E-state index contributed by atoms with van der Waals surface area (Å²) >= 11 is 3.68. The SMILES string of the molecule is C[C@@H]1CN2C(=N[C@@H](c3ccccn3)[C@@H]2c2ccc(Sc3ccccc3)cc2)S1. The summed E-state index contributed by atoms with van der Waals surface area (Å²) in [7, 11) is 0. The number of nitrogens with zero attached hydrogens (tertiary/aromatic N) is 3. The Morgan fingerprint density at radius 1 is 0.929 bits per heavy atom. The minimum atomic E-state index is 0.0591. The molecule has 2 aromatic carbocycles. The number of hydrogen-bond donors (Lipinski definition) is 0. The minimum absolute atomic E-state index is 0.0591. The highest BCUT2D eigenvalue weighted by Crippen LogP contribution is 2.47. The second-order valence-electron chi connectivity index (χ2n) is 7.12. The van der Waals surface area contributed by atoms with Crippen molar-refractivity contribution >= 4 is 28.7 Å².